The molecule has 0 saturated carbocycles. The van der Waals surface area contributed by atoms with Gasteiger partial charge in [0.15, 0.2) is 0 Å². The standard InChI is InChI=1S/C15H26ClN3/c1-6-12(5)19(7-2)15-14(16)8-13(10-18-15)9-17-11(3)4/h8,10-12,17H,6-7,9H2,1-5H3. The van der Waals surface area contributed by atoms with Crippen molar-refractivity contribution in [2.45, 2.75) is 59.7 Å². The van der Waals surface area contributed by atoms with Crippen LogP contribution in [0, 0.1) is 0 Å². The van der Waals surface area contributed by atoms with E-state index in [4.69, 9.17) is 11.6 Å². The summed E-state index contributed by atoms with van der Waals surface area (Å²) in [4.78, 5) is 6.80. The number of hydrogen-bond acceptors (Lipinski definition) is 3. The zero-order valence-electron chi connectivity index (χ0n) is 12.7. The first-order valence-corrected chi connectivity index (χ1v) is 7.51. The summed E-state index contributed by atoms with van der Waals surface area (Å²) in [6.45, 7) is 12.5. The average molecular weight is 284 g/mol. The topological polar surface area (TPSA) is 28.2 Å². The lowest BCUT2D eigenvalue weighted by molar-refractivity contribution is 0.587. The number of aromatic nitrogens is 1. The summed E-state index contributed by atoms with van der Waals surface area (Å²) in [5, 5.41) is 4.11. The van der Waals surface area contributed by atoms with E-state index < -0.39 is 0 Å². The van der Waals surface area contributed by atoms with E-state index in [1.807, 2.05) is 12.3 Å². The first-order valence-electron chi connectivity index (χ1n) is 7.14. The Hall–Kier alpha value is -0.800. The summed E-state index contributed by atoms with van der Waals surface area (Å²) >= 11 is 6.39. The highest BCUT2D eigenvalue weighted by Gasteiger charge is 2.15. The zero-order chi connectivity index (χ0) is 14.4. The van der Waals surface area contributed by atoms with E-state index in [0.717, 1.165) is 35.9 Å². The van der Waals surface area contributed by atoms with Gasteiger partial charge in [0.05, 0.1) is 5.02 Å². The lowest BCUT2D eigenvalue weighted by Crippen LogP contribution is -2.33. The molecule has 0 aliphatic heterocycles. The smallest absolute Gasteiger partial charge is 0.147 e. The van der Waals surface area contributed by atoms with Crippen LogP contribution in [-0.2, 0) is 6.54 Å². The van der Waals surface area contributed by atoms with Crippen molar-refractivity contribution >= 4 is 17.4 Å². The Morgan fingerprint density at radius 2 is 2.00 bits per heavy atom. The number of nitrogens with one attached hydrogen (secondary N) is 1. The fraction of sp³-hybridized carbons (Fsp3) is 0.667. The van der Waals surface area contributed by atoms with Gasteiger partial charge in [-0.3, -0.25) is 0 Å². The minimum Gasteiger partial charge on any atom is -0.353 e. The highest BCUT2D eigenvalue weighted by Crippen LogP contribution is 2.26. The molecule has 1 heterocycles. The number of anilines is 1. The van der Waals surface area contributed by atoms with E-state index in [9.17, 15) is 0 Å². The minimum atomic E-state index is 0.453. The molecule has 0 aliphatic rings. The highest BCUT2D eigenvalue weighted by atomic mass is 35.5. The molecule has 0 bridgehead atoms. The molecule has 1 aromatic rings. The van der Waals surface area contributed by atoms with Crippen molar-refractivity contribution in [3.05, 3.63) is 22.8 Å². The molecule has 3 nitrogen and oxygen atoms in total. The fourth-order valence-corrected chi connectivity index (χ4v) is 2.29. The Balaban J connectivity index is 2.86. The molecule has 0 spiro atoms. The third kappa shape index (κ3) is 4.66. The molecule has 0 radical (unpaired) electrons. The van der Waals surface area contributed by atoms with Crippen LogP contribution in [0.5, 0.6) is 0 Å². The van der Waals surface area contributed by atoms with Crippen LogP contribution in [0.2, 0.25) is 5.02 Å². The molecular weight excluding hydrogens is 258 g/mol. The Morgan fingerprint density at radius 3 is 2.47 bits per heavy atom. The Morgan fingerprint density at radius 1 is 1.32 bits per heavy atom. The summed E-state index contributed by atoms with van der Waals surface area (Å²) in [5.74, 6) is 0.895. The number of pyridine rings is 1. The monoisotopic (exact) mass is 283 g/mol. The van der Waals surface area contributed by atoms with Crippen molar-refractivity contribution in [2.24, 2.45) is 0 Å². The van der Waals surface area contributed by atoms with E-state index in [-0.39, 0.29) is 0 Å². The van der Waals surface area contributed by atoms with Crippen molar-refractivity contribution < 1.29 is 0 Å². The molecule has 0 aromatic carbocycles. The van der Waals surface area contributed by atoms with Gasteiger partial charge in [-0.15, -0.1) is 0 Å². The predicted molar refractivity (Wildman–Crippen MR) is 84.0 cm³/mol. The van der Waals surface area contributed by atoms with Gasteiger partial charge in [-0.05, 0) is 31.9 Å². The fourth-order valence-electron chi connectivity index (χ4n) is 1.99. The largest absolute Gasteiger partial charge is 0.353 e. The molecule has 1 atom stereocenters. The molecule has 0 saturated heterocycles. The molecule has 108 valence electrons. The van der Waals surface area contributed by atoms with Crippen LogP contribution in [-0.4, -0.2) is 23.6 Å². The molecule has 1 aromatic heterocycles. The summed E-state index contributed by atoms with van der Waals surface area (Å²) in [6.07, 6.45) is 3.00. The summed E-state index contributed by atoms with van der Waals surface area (Å²) in [5.41, 5.74) is 1.13. The Bertz CT molecular complexity index is 393. The maximum atomic E-state index is 6.39. The van der Waals surface area contributed by atoms with E-state index in [1.54, 1.807) is 0 Å². The summed E-state index contributed by atoms with van der Waals surface area (Å²) in [6, 6.07) is 2.94. The quantitative estimate of drug-likeness (QED) is 0.824. The van der Waals surface area contributed by atoms with Crippen molar-refractivity contribution in [1.82, 2.24) is 10.3 Å². The lowest BCUT2D eigenvalue weighted by atomic mass is 10.2. The van der Waals surface area contributed by atoms with Gasteiger partial charge in [0.1, 0.15) is 5.82 Å². The van der Waals surface area contributed by atoms with E-state index in [2.05, 4.69) is 49.8 Å². The van der Waals surface area contributed by atoms with Crippen LogP contribution in [0.4, 0.5) is 5.82 Å². The Kier molecular flexibility index (Phi) is 6.59. The van der Waals surface area contributed by atoms with Gasteiger partial charge in [-0.25, -0.2) is 4.98 Å². The van der Waals surface area contributed by atoms with Crippen LogP contribution in [0.15, 0.2) is 12.3 Å². The number of halogens is 1. The maximum Gasteiger partial charge on any atom is 0.147 e. The Labute approximate surface area is 122 Å². The van der Waals surface area contributed by atoms with Crippen LogP contribution >= 0.6 is 11.6 Å². The summed E-state index contributed by atoms with van der Waals surface area (Å²) in [7, 11) is 0. The van der Waals surface area contributed by atoms with Crippen molar-refractivity contribution in [2.75, 3.05) is 11.4 Å². The van der Waals surface area contributed by atoms with Gasteiger partial charge in [0.25, 0.3) is 0 Å². The average Bonchev–Trinajstić information content (AvgIpc) is 2.38. The normalized spacial score (nSPS) is 12.8. The minimum absolute atomic E-state index is 0.453. The molecule has 0 amide bonds. The predicted octanol–water partition coefficient (Wildman–Crippen LogP) is 3.86. The second-order valence-electron chi connectivity index (χ2n) is 5.23. The zero-order valence-corrected chi connectivity index (χ0v) is 13.5. The SMILES string of the molecule is CCC(C)N(CC)c1ncc(CNC(C)C)cc1Cl. The molecule has 0 aliphatic carbocycles. The van der Waals surface area contributed by atoms with Crippen molar-refractivity contribution in [3.63, 3.8) is 0 Å². The van der Waals surface area contributed by atoms with Crippen molar-refractivity contribution in [1.29, 1.82) is 0 Å². The van der Waals surface area contributed by atoms with Gasteiger partial charge in [-0.1, -0.05) is 32.4 Å². The van der Waals surface area contributed by atoms with Crippen LogP contribution in [0.25, 0.3) is 0 Å². The molecular formula is C15H26ClN3. The van der Waals surface area contributed by atoms with Gasteiger partial charge < -0.3 is 10.2 Å². The van der Waals surface area contributed by atoms with E-state index >= 15 is 0 Å². The van der Waals surface area contributed by atoms with Gasteiger partial charge in [0.2, 0.25) is 0 Å². The number of rotatable bonds is 7. The molecule has 0 fully saturated rings. The molecule has 19 heavy (non-hydrogen) atoms. The molecule has 1 N–H and O–H groups in total. The number of hydrogen-bond donors (Lipinski definition) is 1. The third-order valence-corrected chi connectivity index (χ3v) is 3.61. The third-order valence-electron chi connectivity index (χ3n) is 3.33. The molecule has 1 unspecified atom stereocenters. The van der Waals surface area contributed by atoms with E-state index in [1.165, 1.54) is 0 Å². The van der Waals surface area contributed by atoms with Gasteiger partial charge in [-0.2, -0.15) is 0 Å². The highest BCUT2D eigenvalue weighted by molar-refractivity contribution is 6.33. The molecule has 1 rings (SSSR count). The van der Waals surface area contributed by atoms with Gasteiger partial charge in [0, 0.05) is 31.4 Å². The first-order chi connectivity index (χ1) is 8.99. The van der Waals surface area contributed by atoms with Crippen LogP contribution < -0.4 is 10.2 Å². The van der Waals surface area contributed by atoms with Gasteiger partial charge >= 0.3 is 0 Å². The second-order valence-corrected chi connectivity index (χ2v) is 5.64. The first kappa shape index (κ1) is 16.3. The lowest BCUT2D eigenvalue weighted by Gasteiger charge is -2.29. The summed E-state index contributed by atoms with van der Waals surface area (Å²) < 4.78 is 0. The maximum absolute atomic E-state index is 6.39. The van der Waals surface area contributed by atoms with Crippen molar-refractivity contribution in [3.8, 4) is 0 Å². The second kappa shape index (κ2) is 7.71. The number of nitrogens with zero attached hydrogens (tertiary/aromatic N) is 2. The van der Waals surface area contributed by atoms with Crippen LogP contribution in [0.1, 0.15) is 46.6 Å². The van der Waals surface area contributed by atoms with Crippen LogP contribution in [0.3, 0.4) is 0 Å². The van der Waals surface area contributed by atoms with E-state index in [0.29, 0.717) is 12.1 Å². The molecule has 4 heteroatoms.